The van der Waals surface area contributed by atoms with Crippen LogP contribution in [0.15, 0.2) is 72.8 Å². The van der Waals surface area contributed by atoms with Gasteiger partial charge in [-0.05, 0) is 80.8 Å². The lowest BCUT2D eigenvalue weighted by Gasteiger charge is -2.23. The van der Waals surface area contributed by atoms with Gasteiger partial charge in [-0.15, -0.1) is 0 Å². The molecule has 0 aliphatic carbocycles. The van der Waals surface area contributed by atoms with Gasteiger partial charge in [0.25, 0.3) is 0 Å². The summed E-state index contributed by atoms with van der Waals surface area (Å²) in [5.41, 5.74) is 2.64. The summed E-state index contributed by atoms with van der Waals surface area (Å²) in [7, 11) is 0. The summed E-state index contributed by atoms with van der Waals surface area (Å²) in [6.07, 6.45) is 0.800. The highest BCUT2D eigenvalue weighted by molar-refractivity contribution is 5.89. The minimum atomic E-state index is -0.992. The monoisotopic (exact) mass is 552 g/mol. The maximum atomic E-state index is 13.1. The van der Waals surface area contributed by atoms with Crippen LogP contribution in [0.5, 0.6) is 11.5 Å². The molecule has 0 saturated heterocycles. The fourth-order valence-corrected chi connectivity index (χ4v) is 3.91. The number of nitrogens with one attached hydrogen (secondary N) is 1. The van der Waals surface area contributed by atoms with Crippen molar-refractivity contribution in [2.75, 3.05) is 38.2 Å². The normalized spacial score (nSPS) is 11.5. The molecular weight excluding hydrogens is 515 g/mol. The first-order valence-corrected chi connectivity index (χ1v) is 13.4. The number of rotatable bonds is 16. The fraction of sp³-hybridized carbons (Fsp3) is 0.355. The van der Waals surface area contributed by atoms with Crippen LogP contribution in [0.25, 0.3) is 0 Å². The van der Waals surface area contributed by atoms with Crippen molar-refractivity contribution in [1.82, 2.24) is 4.90 Å². The van der Waals surface area contributed by atoms with Gasteiger partial charge >= 0.3 is 12.0 Å². The molecule has 0 fully saturated rings. The first-order valence-electron chi connectivity index (χ1n) is 13.4. The number of hydrogen-bond acceptors (Lipinski definition) is 5. The third kappa shape index (κ3) is 10.6. The van der Waals surface area contributed by atoms with E-state index in [9.17, 15) is 19.1 Å². The standard InChI is InChI=1S/C31H37FN2O6/c1-3-38-29(30(35)36)22-24-8-14-27(15-9-24)40-21-19-34(31(37)33-26-12-6-23(2)7-13-26)18-4-5-20-39-28-16-10-25(32)11-17-28/h6-17,29H,3-5,18-22H2,1-2H3,(H,33,37)(H,35,36). The number of urea groups is 1. The molecule has 1 atom stereocenters. The first-order chi connectivity index (χ1) is 19.3. The lowest BCUT2D eigenvalue weighted by atomic mass is 10.1. The number of halogens is 1. The molecule has 0 aliphatic rings. The van der Waals surface area contributed by atoms with Crippen LogP contribution in [-0.2, 0) is 16.0 Å². The number of benzene rings is 3. The number of anilines is 1. The number of amides is 2. The van der Waals surface area contributed by atoms with E-state index in [1.54, 1.807) is 36.1 Å². The summed E-state index contributed by atoms with van der Waals surface area (Å²) in [5, 5.41) is 12.2. The van der Waals surface area contributed by atoms with Crippen LogP contribution in [0.4, 0.5) is 14.9 Å². The zero-order valence-electron chi connectivity index (χ0n) is 23.0. The van der Waals surface area contributed by atoms with Crippen molar-refractivity contribution in [1.29, 1.82) is 0 Å². The highest BCUT2D eigenvalue weighted by Gasteiger charge is 2.18. The van der Waals surface area contributed by atoms with Crippen molar-refractivity contribution in [3.63, 3.8) is 0 Å². The lowest BCUT2D eigenvalue weighted by Crippen LogP contribution is -2.38. The summed E-state index contributed by atoms with van der Waals surface area (Å²) in [6, 6.07) is 20.4. The number of carboxylic acids is 1. The minimum absolute atomic E-state index is 0.224. The van der Waals surface area contributed by atoms with E-state index >= 15 is 0 Å². The number of nitrogens with zero attached hydrogens (tertiary/aromatic N) is 1. The number of hydrogen-bond donors (Lipinski definition) is 2. The van der Waals surface area contributed by atoms with Gasteiger partial charge in [0.1, 0.15) is 23.9 Å². The van der Waals surface area contributed by atoms with Crippen molar-refractivity contribution < 1.29 is 33.3 Å². The number of aliphatic carboxylic acids is 1. The predicted octanol–water partition coefficient (Wildman–Crippen LogP) is 5.94. The largest absolute Gasteiger partial charge is 0.494 e. The zero-order valence-corrected chi connectivity index (χ0v) is 23.0. The zero-order chi connectivity index (χ0) is 28.7. The van der Waals surface area contributed by atoms with Crippen LogP contribution in [-0.4, -0.2) is 61.0 Å². The quantitative estimate of drug-likeness (QED) is 0.214. The van der Waals surface area contributed by atoms with E-state index in [1.807, 2.05) is 43.3 Å². The van der Waals surface area contributed by atoms with E-state index < -0.39 is 12.1 Å². The van der Waals surface area contributed by atoms with Gasteiger partial charge in [-0.1, -0.05) is 29.8 Å². The van der Waals surface area contributed by atoms with Crippen LogP contribution in [0, 0.1) is 12.7 Å². The molecular formula is C31H37FN2O6. The molecule has 2 N–H and O–H groups in total. The van der Waals surface area contributed by atoms with E-state index in [0.717, 1.165) is 11.1 Å². The fourth-order valence-electron chi connectivity index (χ4n) is 3.91. The van der Waals surface area contributed by atoms with Gasteiger partial charge in [-0.25, -0.2) is 14.0 Å². The number of aryl methyl sites for hydroxylation is 1. The molecule has 2 amide bonds. The minimum Gasteiger partial charge on any atom is -0.494 e. The number of carbonyl (C=O) groups is 2. The molecule has 0 spiro atoms. The van der Waals surface area contributed by atoms with Crippen molar-refractivity contribution in [2.24, 2.45) is 0 Å². The summed E-state index contributed by atoms with van der Waals surface area (Å²) in [4.78, 5) is 26.1. The maximum Gasteiger partial charge on any atom is 0.333 e. The molecule has 0 aliphatic heterocycles. The third-order valence-electron chi connectivity index (χ3n) is 6.11. The highest BCUT2D eigenvalue weighted by atomic mass is 19.1. The van der Waals surface area contributed by atoms with Gasteiger partial charge in [0.15, 0.2) is 6.10 Å². The third-order valence-corrected chi connectivity index (χ3v) is 6.11. The smallest absolute Gasteiger partial charge is 0.333 e. The second-order valence-electron chi connectivity index (χ2n) is 9.27. The average Bonchev–Trinajstić information content (AvgIpc) is 2.94. The number of ether oxygens (including phenoxy) is 3. The van der Waals surface area contributed by atoms with Crippen molar-refractivity contribution in [3.8, 4) is 11.5 Å². The second kappa shape index (κ2) is 16.1. The molecule has 214 valence electrons. The molecule has 0 bridgehead atoms. The van der Waals surface area contributed by atoms with Crippen LogP contribution in [0.1, 0.15) is 30.9 Å². The Labute approximate surface area is 234 Å². The second-order valence-corrected chi connectivity index (χ2v) is 9.27. The van der Waals surface area contributed by atoms with Crippen LogP contribution in [0.2, 0.25) is 0 Å². The molecule has 0 heterocycles. The van der Waals surface area contributed by atoms with Crippen molar-refractivity contribution in [2.45, 2.75) is 39.2 Å². The summed E-state index contributed by atoms with van der Waals surface area (Å²) < 4.78 is 29.9. The first kappa shape index (κ1) is 30.4. The van der Waals surface area contributed by atoms with Crippen molar-refractivity contribution >= 4 is 17.7 Å². The van der Waals surface area contributed by atoms with Gasteiger partial charge in [0.05, 0.1) is 13.2 Å². The van der Waals surface area contributed by atoms with E-state index in [4.69, 9.17) is 14.2 Å². The Morgan fingerprint density at radius 2 is 1.50 bits per heavy atom. The topological polar surface area (TPSA) is 97.3 Å². The molecule has 0 aromatic heterocycles. The van der Waals surface area contributed by atoms with Gasteiger partial charge in [0, 0.05) is 25.3 Å². The van der Waals surface area contributed by atoms with E-state index in [-0.39, 0.29) is 24.9 Å². The Morgan fingerprint density at radius 1 is 0.875 bits per heavy atom. The SMILES string of the molecule is CCOC(Cc1ccc(OCCN(CCCCOc2ccc(F)cc2)C(=O)Nc2ccc(C)cc2)cc1)C(=O)O. The maximum absolute atomic E-state index is 13.1. The van der Waals surface area contributed by atoms with Gasteiger partial charge in [-0.3, -0.25) is 0 Å². The Kier molecular flexibility index (Phi) is 12.2. The molecule has 0 radical (unpaired) electrons. The highest BCUT2D eigenvalue weighted by Crippen LogP contribution is 2.16. The van der Waals surface area contributed by atoms with E-state index in [0.29, 0.717) is 56.3 Å². The predicted molar refractivity (Wildman–Crippen MR) is 152 cm³/mol. The summed E-state index contributed by atoms with van der Waals surface area (Å²) in [6.45, 7) is 5.67. The molecule has 9 heteroatoms. The molecule has 0 saturated carbocycles. The lowest BCUT2D eigenvalue weighted by molar-refractivity contribution is -0.149. The Hall–Kier alpha value is -4.11. The summed E-state index contributed by atoms with van der Waals surface area (Å²) >= 11 is 0. The van der Waals surface area contributed by atoms with Gasteiger partial charge in [-0.2, -0.15) is 0 Å². The number of carboxylic acid groups (broad SMARTS) is 1. The van der Waals surface area contributed by atoms with Gasteiger partial charge < -0.3 is 29.5 Å². The molecule has 3 rings (SSSR count). The van der Waals surface area contributed by atoms with Crippen LogP contribution in [0.3, 0.4) is 0 Å². The Morgan fingerprint density at radius 3 is 2.12 bits per heavy atom. The molecule has 3 aromatic carbocycles. The Bertz CT molecular complexity index is 1190. The van der Waals surface area contributed by atoms with Crippen LogP contribution < -0.4 is 14.8 Å². The van der Waals surface area contributed by atoms with Crippen LogP contribution >= 0.6 is 0 Å². The molecule has 3 aromatic rings. The molecule has 40 heavy (non-hydrogen) atoms. The number of unbranched alkanes of at least 4 members (excludes halogenated alkanes) is 1. The number of carbonyl (C=O) groups excluding carboxylic acids is 1. The van der Waals surface area contributed by atoms with E-state index in [1.165, 1.54) is 12.1 Å². The van der Waals surface area contributed by atoms with E-state index in [2.05, 4.69) is 5.32 Å². The van der Waals surface area contributed by atoms with Gasteiger partial charge in [0.2, 0.25) is 0 Å². The Balaban J connectivity index is 1.51. The average molecular weight is 553 g/mol. The van der Waals surface area contributed by atoms with Crippen molar-refractivity contribution in [3.05, 3.63) is 89.7 Å². The molecule has 1 unspecified atom stereocenters. The molecule has 8 nitrogen and oxygen atoms in total. The summed E-state index contributed by atoms with van der Waals surface area (Å²) in [5.74, 6) is -0.0767.